The molecular formula is C17H18N6OS2. The highest BCUT2D eigenvalue weighted by molar-refractivity contribution is 7.99. The van der Waals surface area contributed by atoms with E-state index in [1.54, 1.807) is 0 Å². The molecule has 0 bridgehead atoms. The second-order valence-corrected chi connectivity index (χ2v) is 8.88. The average molecular weight is 387 g/mol. The number of aryl methyl sites for hydroxylation is 1. The number of anilines is 1. The molecule has 0 saturated heterocycles. The van der Waals surface area contributed by atoms with Gasteiger partial charge in [0.1, 0.15) is 5.01 Å². The van der Waals surface area contributed by atoms with Gasteiger partial charge < -0.3 is 0 Å². The van der Waals surface area contributed by atoms with Crippen LogP contribution in [-0.2, 0) is 16.8 Å². The molecule has 0 aliphatic carbocycles. The molecule has 1 aliphatic heterocycles. The SMILES string of the molecule is Cc1nnc(NC(=O)CSc2nnc3n2C(C)(C)Cc2ccccc2-3)s1. The second kappa shape index (κ2) is 6.48. The summed E-state index contributed by atoms with van der Waals surface area (Å²) in [4.78, 5) is 12.2. The first kappa shape index (κ1) is 17.2. The molecule has 1 aliphatic rings. The van der Waals surface area contributed by atoms with Gasteiger partial charge in [0.15, 0.2) is 11.0 Å². The summed E-state index contributed by atoms with van der Waals surface area (Å²) in [6.45, 7) is 6.19. The standard InChI is InChI=1S/C17H18N6OS2/c1-10-19-21-15(26-10)18-13(24)9-25-16-22-20-14-12-7-5-4-6-11(12)8-17(2,3)23(14)16/h4-7H,8-9H2,1-3H3,(H,18,21,24). The number of fused-ring (bicyclic) bond motifs is 3. The predicted octanol–water partition coefficient (Wildman–Crippen LogP) is 3.13. The van der Waals surface area contributed by atoms with Crippen molar-refractivity contribution < 1.29 is 4.79 Å². The van der Waals surface area contributed by atoms with Gasteiger partial charge in [0, 0.05) is 11.1 Å². The van der Waals surface area contributed by atoms with E-state index in [1.165, 1.54) is 28.7 Å². The Morgan fingerprint density at radius 2 is 2.08 bits per heavy atom. The van der Waals surface area contributed by atoms with E-state index in [2.05, 4.69) is 62.3 Å². The molecule has 1 amide bonds. The normalized spacial score (nSPS) is 14.6. The van der Waals surface area contributed by atoms with Crippen molar-refractivity contribution in [2.45, 2.75) is 37.9 Å². The molecule has 4 rings (SSSR count). The van der Waals surface area contributed by atoms with Crippen LogP contribution in [0.15, 0.2) is 29.4 Å². The molecule has 0 fully saturated rings. The first-order valence-corrected chi connectivity index (χ1v) is 10.0. The van der Waals surface area contributed by atoms with Crippen LogP contribution in [0.3, 0.4) is 0 Å². The van der Waals surface area contributed by atoms with E-state index in [0.717, 1.165) is 28.0 Å². The van der Waals surface area contributed by atoms with Crippen molar-refractivity contribution in [1.82, 2.24) is 25.0 Å². The zero-order chi connectivity index (χ0) is 18.3. The van der Waals surface area contributed by atoms with E-state index in [4.69, 9.17) is 0 Å². The van der Waals surface area contributed by atoms with Crippen molar-refractivity contribution in [3.63, 3.8) is 0 Å². The maximum absolute atomic E-state index is 12.2. The van der Waals surface area contributed by atoms with Crippen molar-refractivity contribution in [1.29, 1.82) is 0 Å². The minimum atomic E-state index is -0.150. The molecule has 0 radical (unpaired) electrons. The van der Waals surface area contributed by atoms with Crippen molar-refractivity contribution in [3.05, 3.63) is 34.8 Å². The maximum atomic E-state index is 12.2. The molecule has 0 spiro atoms. The molecule has 0 saturated carbocycles. The maximum Gasteiger partial charge on any atom is 0.236 e. The molecule has 0 unspecified atom stereocenters. The fourth-order valence-corrected chi connectivity index (χ4v) is 4.66. The first-order chi connectivity index (χ1) is 12.4. The van der Waals surface area contributed by atoms with Gasteiger partial charge in [-0.2, -0.15) is 0 Å². The Morgan fingerprint density at radius 3 is 2.85 bits per heavy atom. The van der Waals surface area contributed by atoms with Gasteiger partial charge >= 0.3 is 0 Å². The molecule has 134 valence electrons. The van der Waals surface area contributed by atoms with Crippen LogP contribution in [0, 0.1) is 6.92 Å². The number of thioether (sulfide) groups is 1. The van der Waals surface area contributed by atoms with Crippen LogP contribution in [0.4, 0.5) is 5.13 Å². The molecule has 0 atom stereocenters. The number of carbonyl (C=O) groups excluding carboxylic acids is 1. The van der Waals surface area contributed by atoms with E-state index in [-0.39, 0.29) is 17.2 Å². The summed E-state index contributed by atoms with van der Waals surface area (Å²) in [6, 6.07) is 8.28. The predicted molar refractivity (Wildman–Crippen MR) is 102 cm³/mol. The number of carbonyl (C=O) groups is 1. The number of amides is 1. The van der Waals surface area contributed by atoms with Crippen molar-refractivity contribution in [2.24, 2.45) is 0 Å². The second-order valence-electron chi connectivity index (χ2n) is 6.75. The minimum absolute atomic E-state index is 0.127. The Bertz CT molecular complexity index is 977. The number of aromatic nitrogens is 5. The third kappa shape index (κ3) is 3.12. The van der Waals surface area contributed by atoms with Crippen LogP contribution in [-0.4, -0.2) is 36.6 Å². The highest BCUT2D eigenvalue weighted by Gasteiger charge is 2.34. The summed E-state index contributed by atoms with van der Waals surface area (Å²) in [7, 11) is 0. The lowest BCUT2D eigenvalue weighted by Gasteiger charge is -2.34. The fraction of sp³-hybridized carbons (Fsp3) is 0.353. The average Bonchev–Trinajstić information content (AvgIpc) is 3.20. The highest BCUT2D eigenvalue weighted by atomic mass is 32.2. The molecule has 3 heterocycles. The van der Waals surface area contributed by atoms with Gasteiger partial charge in [0.05, 0.1) is 5.75 Å². The Hall–Kier alpha value is -2.26. The summed E-state index contributed by atoms with van der Waals surface area (Å²) in [6.07, 6.45) is 0.901. The highest BCUT2D eigenvalue weighted by Crippen LogP contribution is 2.39. The summed E-state index contributed by atoms with van der Waals surface area (Å²) in [5.74, 6) is 0.978. The number of hydrogen-bond acceptors (Lipinski definition) is 7. The summed E-state index contributed by atoms with van der Waals surface area (Å²) < 4.78 is 2.14. The van der Waals surface area contributed by atoms with Crippen molar-refractivity contribution in [2.75, 3.05) is 11.1 Å². The van der Waals surface area contributed by atoms with E-state index < -0.39 is 0 Å². The zero-order valence-electron chi connectivity index (χ0n) is 14.7. The lowest BCUT2D eigenvalue weighted by atomic mass is 9.87. The smallest absolute Gasteiger partial charge is 0.236 e. The quantitative estimate of drug-likeness (QED) is 0.694. The molecule has 26 heavy (non-hydrogen) atoms. The first-order valence-electron chi connectivity index (χ1n) is 8.21. The van der Waals surface area contributed by atoms with E-state index in [9.17, 15) is 4.79 Å². The molecule has 1 N–H and O–H groups in total. The van der Waals surface area contributed by atoms with Crippen LogP contribution < -0.4 is 5.32 Å². The Morgan fingerprint density at radius 1 is 1.27 bits per heavy atom. The number of hydrogen-bond donors (Lipinski definition) is 1. The van der Waals surface area contributed by atoms with Gasteiger partial charge in [-0.1, -0.05) is 47.4 Å². The van der Waals surface area contributed by atoms with Crippen molar-refractivity contribution in [3.8, 4) is 11.4 Å². The van der Waals surface area contributed by atoms with Gasteiger partial charge in [-0.25, -0.2) is 0 Å². The van der Waals surface area contributed by atoms with Gasteiger partial charge in [-0.05, 0) is 32.8 Å². The molecular weight excluding hydrogens is 368 g/mol. The lowest BCUT2D eigenvalue weighted by molar-refractivity contribution is -0.113. The van der Waals surface area contributed by atoms with E-state index in [0.29, 0.717) is 5.13 Å². The molecule has 2 aromatic heterocycles. The third-order valence-electron chi connectivity index (χ3n) is 4.22. The minimum Gasteiger partial charge on any atom is -0.300 e. The Labute approximate surface area is 159 Å². The van der Waals surface area contributed by atoms with Gasteiger partial charge in [0.2, 0.25) is 11.0 Å². The topological polar surface area (TPSA) is 85.6 Å². The van der Waals surface area contributed by atoms with Crippen LogP contribution in [0.25, 0.3) is 11.4 Å². The summed E-state index contributed by atoms with van der Waals surface area (Å²) in [5.41, 5.74) is 2.24. The van der Waals surface area contributed by atoms with Gasteiger partial charge in [-0.15, -0.1) is 20.4 Å². The number of rotatable bonds is 4. The third-order valence-corrected chi connectivity index (χ3v) is 5.91. The van der Waals surface area contributed by atoms with Crippen LogP contribution in [0.1, 0.15) is 24.4 Å². The molecule has 9 heteroatoms. The largest absolute Gasteiger partial charge is 0.300 e. The Balaban J connectivity index is 1.54. The summed E-state index contributed by atoms with van der Waals surface area (Å²) >= 11 is 2.74. The molecule has 3 aromatic rings. The van der Waals surface area contributed by atoms with Crippen molar-refractivity contribution >= 4 is 34.1 Å². The van der Waals surface area contributed by atoms with Crippen LogP contribution in [0.2, 0.25) is 0 Å². The number of benzene rings is 1. The van der Waals surface area contributed by atoms with Gasteiger partial charge in [0.25, 0.3) is 0 Å². The monoisotopic (exact) mass is 386 g/mol. The number of nitrogens with zero attached hydrogens (tertiary/aromatic N) is 5. The molecule has 7 nitrogen and oxygen atoms in total. The lowest BCUT2D eigenvalue weighted by Crippen LogP contribution is -2.33. The Kier molecular flexibility index (Phi) is 4.28. The number of nitrogens with one attached hydrogen (secondary N) is 1. The van der Waals surface area contributed by atoms with Crippen LogP contribution in [0.5, 0.6) is 0 Å². The fourth-order valence-electron chi connectivity index (χ4n) is 3.15. The van der Waals surface area contributed by atoms with Gasteiger partial charge in [-0.3, -0.25) is 14.7 Å². The zero-order valence-corrected chi connectivity index (χ0v) is 16.3. The summed E-state index contributed by atoms with van der Waals surface area (Å²) in [5, 5.41) is 21.4. The van der Waals surface area contributed by atoms with Crippen LogP contribution >= 0.6 is 23.1 Å². The van der Waals surface area contributed by atoms with E-state index >= 15 is 0 Å². The van der Waals surface area contributed by atoms with E-state index in [1.807, 2.05) is 13.0 Å². The molecule has 1 aromatic carbocycles.